The Hall–Kier alpha value is -1.64. The maximum Gasteiger partial charge on any atom is 0.242 e. The Kier molecular flexibility index (Phi) is 3.60. The number of aromatic nitrogens is 3. The summed E-state index contributed by atoms with van der Waals surface area (Å²) in [6.45, 7) is -0.0154. The van der Waals surface area contributed by atoms with Gasteiger partial charge in [0.2, 0.25) is 10.0 Å². The van der Waals surface area contributed by atoms with Gasteiger partial charge in [-0.1, -0.05) is 0 Å². The van der Waals surface area contributed by atoms with E-state index in [2.05, 4.69) is 9.82 Å². The first-order valence-electron chi connectivity index (χ1n) is 6.79. The summed E-state index contributed by atoms with van der Waals surface area (Å²) in [6.07, 6.45) is 5.42. The average molecular weight is 310 g/mol. The molecule has 2 N–H and O–H groups in total. The van der Waals surface area contributed by atoms with Crippen LogP contribution in [0, 0.1) is 0 Å². The van der Waals surface area contributed by atoms with Crippen molar-refractivity contribution >= 4 is 10.0 Å². The van der Waals surface area contributed by atoms with Gasteiger partial charge in [0, 0.05) is 31.2 Å². The second kappa shape index (κ2) is 5.28. The molecule has 0 atom stereocenters. The van der Waals surface area contributed by atoms with Crippen molar-refractivity contribution in [1.29, 1.82) is 0 Å². The van der Waals surface area contributed by atoms with Crippen molar-refractivity contribution in [3.63, 3.8) is 0 Å². The average Bonchev–Trinajstić information content (AvgIpc) is 3.05. The molecule has 0 unspecified atom stereocenters. The van der Waals surface area contributed by atoms with Crippen LogP contribution in [0.5, 0.6) is 0 Å². The lowest BCUT2D eigenvalue weighted by Crippen LogP contribution is -2.23. The maximum absolute atomic E-state index is 12.3. The van der Waals surface area contributed by atoms with Gasteiger partial charge in [0.1, 0.15) is 0 Å². The third kappa shape index (κ3) is 3.02. The molecule has 114 valence electrons. The van der Waals surface area contributed by atoms with E-state index in [0.29, 0.717) is 17.4 Å². The van der Waals surface area contributed by atoms with Crippen molar-refractivity contribution in [3.8, 4) is 0 Å². The molecule has 2 aromatic rings. The van der Waals surface area contributed by atoms with E-state index >= 15 is 0 Å². The van der Waals surface area contributed by atoms with E-state index in [1.165, 1.54) is 6.07 Å². The standard InChI is InChI=1S/C13H18N4O3S/c1-16-5-4-10(15-16)7-14-21(19,20)13-6-12(9-18)17(8-13)11-2-3-11/h4-6,8,11,14,18H,2-3,7,9H2,1H3. The minimum Gasteiger partial charge on any atom is -0.390 e. The first-order valence-corrected chi connectivity index (χ1v) is 8.28. The second-order valence-corrected chi connectivity index (χ2v) is 7.04. The van der Waals surface area contributed by atoms with Gasteiger partial charge in [-0.3, -0.25) is 4.68 Å². The Morgan fingerprint density at radius 3 is 2.81 bits per heavy atom. The number of aryl methyl sites for hydroxylation is 1. The first-order chi connectivity index (χ1) is 9.99. The number of aliphatic hydroxyl groups is 1. The Morgan fingerprint density at radius 2 is 2.24 bits per heavy atom. The molecule has 1 aliphatic rings. The van der Waals surface area contributed by atoms with Crippen LogP contribution in [0.3, 0.4) is 0 Å². The molecule has 1 saturated carbocycles. The third-order valence-electron chi connectivity index (χ3n) is 3.53. The molecule has 1 fully saturated rings. The number of nitrogens with one attached hydrogen (secondary N) is 1. The third-order valence-corrected chi connectivity index (χ3v) is 4.90. The highest BCUT2D eigenvalue weighted by Crippen LogP contribution is 2.37. The monoisotopic (exact) mass is 310 g/mol. The maximum atomic E-state index is 12.3. The van der Waals surface area contributed by atoms with Crippen LogP contribution in [0.15, 0.2) is 29.4 Å². The number of hydrogen-bond donors (Lipinski definition) is 2. The van der Waals surface area contributed by atoms with Crippen molar-refractivity contribution < 1.29 is 13.5 Å². The van der Waals surface area contributed by atoms with Gasteiger partial charge in [-0.2, -0.15) is 5.10 Å². The molecule has 0 aromatic carbocycles. The van der Waals surface area contributed by atoms with E-state index < -0.39 is 10.0 Å². The van der Waals surface area contributed by atoms with Gasteiger partial charge in [-0.25, -0.2) is 13.1 Å². The molecule has 2 heterocycles. The molecule has 0 bridgehead atoms. The zero-order chi connectivity index (χ0) is 15.0. The van der Waals surface area contributed by atoms with E-state index in [4.69, 9.17) is 0 Å². The molecule has 2 aromatic heterocycles. The summed E-state index contributed by atoms with van der Waals surface area (Å²) >= 11 is 0. The lowest BCUT2D eigenvalue weighted by molar-refractivity contribution is 0.270. The molecule has 0 radical (unpaired) electrons. The lowest BCUT2D eigenvalue weighted by atomic mass is 10.4. The number of aliphatic hydroxyl groups excluding tert-OH is 1. The summed E-state index contributed by atoms with van der Waals surface area (Å²) in [5, 5.41) is 13.5. The number of nitrogens with zero attached hydrogens (tertiary/aromatic N) is 3. The summed E-state index contributed by atoms with van der Waals surface area (Å²) in [6, 6.07) is 3.61. The minimum atomic E-state index is -3.60. The Bertz CT molecular complexity index is 743. The molecule has 8 heteroatoms. The van der Waals surface area contributed by atoms with Crippen molar-refractivity contribution in [2.24, 2.45) is 7.05 Å². The zero-order valence-corrected chi connectivity index (χ0v) is 12.5. The highest BCUT2D eigenvalue weighted by atomic mass is 32.2. The van der Waals surface area contributed by atoms with Crippen molar-refractivity contribution in [2.75, 3.05) is 0 Å². The van der Waals surface area contributed by atoms with Gasteiger partial charge in [0.15, 0.2) is 0 Å². The quantitative estimate of drug-likeness (QED) is 0.814. The Labute approximate surface area is 123 Å². The van der Waals surface area contributed by atoms with Gasteiger partial charge in [0.05, 0.1) is 23.7 Å². The van der Waals surface area contributed by atoms with E-state index in [1.807, 2.05) is 4.57 Å². The molecule has 7 nitrogen and oxygen atoms in total. The van der Waals surface area contributed by atoms with Gasteiger partial charge >= 0.3 is 0 Å². The fraction of sp³-hybridized carbons (Fsp3) is 0.462. The summed E-state index contributed by atoms with van der Waals surface area (Å²) in [5.41, 5.74) is 1.29. The molecule has 0 aliphatic heterocycles. The van der Waals surface area contributed by atoms with E-state index in [1.54, 1.807) is 30.2 Å². The van der Waals surface area contributed by atoms with E-state index in [0.717, 1.165) is 12.8 Å². The van der Waals surface area contributed by atoms with Gasteiger partial charge in [0.25, 0.3) is 0 Å². The Balaban J connectivity index is 1.77. The number of hydrogen-bond acceptors (Lipinski definition) is 4. The highest BCUT2D eigenvalue weighted by Gasteiger charge is 2.28. The predicted octanol–water partition coefficient (Wildman–Crippen LogP) is 0.527. The minimum absolute atomic E-state index is 0.145. The van der Waals surface area contributed by atoms with Crippen LogP contribution < -0.4 is 4.72 Å². The summed E-state index contributed by atoms with van der Waals surface area (Å²) in [4.78, 5) is 0.189. The van der Waals surface area contributed by atoms with Crippen molar-refractivity contribution in [3.05, 3.63) is 35.9 Å². The number of rotatable bonds is 6. The summed E-state index contributed by atoms with van der Waals surface area (Å²) in [7, 11) is -1.82. The van der Waals surface area contributed by atoms with Crippen LogP contribution in [0.2, 0.25) is 0 Å². The van der Waals surface area contributed by atoms with Crippen LogP contribution in [0.25, 0.3) is 0 Å². The summed E-state index contributed by atoms with van der Waals surface area (Å²) in [5.74, 6) is 0. The van der Waals surface area contributed by atoms with E-state index in [-0.39, 0.29) is 18.0 Å². The fourth-order valence-corrected chi connectivity index (χ4v) is 3.32. The van der Waals surface area contributed by atoms with Gasteiger partial charge < -0.3 is 9.67 Å². The molecular weight excluding hydrogens is 292 g/mol. The van der Waals surface area contributed by atoms with Gasteiger partial charge in [-0.05, 0) is 25.0 Å². The zero-order valence-electron chi connectivity index (χ0n) is 11.7. The summed E-state index contributed by atoms with van der Waals surface area (Å²) < 4.78 is 30.6. The molecule has 0 saturated heterocycles. The molecule has 21 heavy (non-hydrogen) atoms. The second-order valence-electron chi connectivity index (χ2n) is 5.27. The van der Waals surface area contributed by atoms with Crippen LogP contribution in [-0.4, -0.2) is 27.9 Å². The normalized spacial score (nSPS) is 15.5. The fourth-order valence-electron chi connectivity index (χ4n) is 2.27. The smallest absolute Gasteiger partial charge is 0.242 e. The van der Waals surface area contributed by atoms with Crippen molar-refractivity contribution in [2.45, 2.75) is 36.9 Å². The van der Waals surface area contributed by atoms with Crippen LogP contribution in [0.1, 0.15) is 30.3 Å². The van der Waals surface area contributed by atoms with Crippen LogP contribution in [-0.2, 0) is 30.2 Å². The predicted molar refractivity (Wildman–Crippen MR) is 75.9 cm³/mol. The van der Waals surface area contributed by atoms with E-state index in [9.17, 15) is 13.5 Å². The first kappa shape index (κ1) is 14.3. The van der Waals surface area contributed by atoms with Crippen LogP contribution in [0.4, 0.5) is 0 Å². The SMILES string of the molecule is Cn1ccc(CNS(=O)(=O)c2cc(CO)n(C3CC3)c2)n1. The van der Waals surface area contributed by atoms with Crippen molar-refractivity contribution in [1.82, 2.24) is 19.1 Å². The van der Waals surface area contributed by atoms with Crippen LogP contribution >= 0.6 is 0 Å². The molecular formula is C13H18N4O3S. The molecule has 3 rings (SSSR count). The lowest BCUT2D eigenvalue weighted by Gasteiger charge is -2.04. The highest BCUT2D eigenvalue weighted by molar-refractivity contribution is 7.89. The topological polar surface area (TPSA) is 89.1 Å². The number of sulfonamides is 1. The van der Waals surface area contributed by atoms with Gasteiger partial charge in [-0.15, -0.1) is 0 Å². The Morgan fingerprint density at radius 1 is 1.48 bits per heavy atom. The molecule has 0 amide bonds. The molecule has 0 spiro atoms. The molecule has 1 aliphatic carbocycles. The largest absolute Gasteiger partial charge is 0.390 e.